The highest BCUT2D eigenvalue weighted by atomic mass is 35.5. The van der Waals surface area contributed by atoms with E-state index in [-0.39, 0.29) is 0 Å². The van der Waals surface area contributed by atoms with E-state index in [1.54, 1.807) is 0 Å². The molecule has 0 aromatic rings. The molecule has 0 aliphatic carbocycles. The van der Waals surface area contributed by atoms with Gasteiger partial charge < -0.3 is 0 Å². The summed E-state index contributed by atoms with van der Waals surface area (Å²) in [6.07, 6.45) is 0. The van der Waals surface area contributed by atoms with Crippen LogP contribution in [0.2, 0.25) is 0 Å². The molecule has 1 aliphatic rings. The summed E-state index contributed by atoms with van der Waals surface area (Å²) in [5.41, 5.74) is -1.55. The fourth-order valence-electron chi connectivity index (χ4n) is 1.15. The predicted octanol–water partition coefficient (Wildman–Crippen LogP) is 2.33. The molecule has 0 amide bonds. The number of nitrogens with zero attached hydrogens (tertiary/aromatic N) is 1. The molecular weight excluding hydrogens is 266 g/mol. The van der Waals surface area contributed by atoms with E-state index in [2.05, 4.69) is 9.76 Å². The molecule has 1 aliphatic heterocycles. The first-order valence-electron chi connectivity index (χ1n) is 4.10. The second kappa shape index (κ2) is 6.16. The molecule has 13 heavy (non-hydrogen) atoms. The molecule has 0 bridgehead atoms. The van der Waals surface area contributed by atoms with Crippen molar-refractivity contribution in [1.82, 2.24) is 9.76 Å². The van der Waals surface area contributed by atoms with Gasteiger partial charge in [-0.1, -0.05) is 23.2 Å². The fraction of sp³-hybridized carbons (Fsp3) is 1.00. The summed E-state index contributed by atoms with van der Waals surface area (Å²) in [7, 11) is 0. The van der Waals surface area contributed by atoms with Crippen LogP contribution in [0.4, 0.5) is 0 Å². The summed E-state index contributed by atoms with van der Waals surface area (Å²) in [4.78, 5) is 0. The number of halogens is 2. The van der Waals surface area contributed by atoms with Gasteiger partial charge in [-0.05, 0) is 0 Å². The van der Waals surface area contributed by atoms with Crippen molar-refractivity contribution in [3.63, 3.8) is 0 Å². The van der Waals surface area contributed by atoms with Gasteiger partial charge in [-0.25, -0.2) is 0 Å². The number of hydrogen-bond acceptors (Lipinski definition) is 2. The zero-order chi connectivity index (χ0) is 9.73. The average Bonchev–Trinajstić information content (AvgIpc) is 2.53. The molecule has 0 spiro atoms. The number of nitrogens with one attached hydrogen (secondary N) is 1. The Balaban J connectivity index is 2.56. The number of alkyl halides is 2. The van der Waals surface area contributed by atoms with Gasteiger partial charge >= 0.3 is 0 Å². The van der Waals surface area contributed by atoms with Gasteiger partial charge in [0.2, 0.25) is 0 Å². The first-order chi connectivity index (χ1) is 6.23. The van der Waals surface area contributed by atoms with E-state index in [9.17, 15) is 0 Å². The van der Waals surface area contributed by atoms with Crippen molar-refractivity contribution >= 4 is 51.9 Å². The Hall–Kier alpha value is 1.50. The smallest absolute Gasteiger partial charge is 0.130 e. The van der Waals surface area contributed by atoms with Crippen LogP contribution in [0.25, 0.3) is 0 Å². The van der Waals surface area contributed by atoms with E-state index >= 15 is 0 Å². The maximum atomic E-state index is 5.72. The highest BCUT2D eigenvalue weighted by molar-refractivity contribution is 8.70. The predicted molar refractivity (Wildman–Crippen MR) is 67.8 cm³/mol. The van der Waals surface area contributed by atoms with E-state index in [1.807, 2.05) is 11.4 Å². The molecular formula is C6H13Cl2N2PS2. The summed E-state index contributed by atoms with van der Waals surface area (Å²) in [5.74, 6) is 2.35. The summed E-state index contributed by atoms with van der Waals surface area (Å²) >= 11 is 18.9. The highest BCUT2D eigenvalue weighted by Gasteiger charge is 2.28. The Bertz CT molecular complexity index is 189. The lowest BCUT2D eigenvalue weighted by Crippen LogP contribution is -2.27. The third-order valence-corrected chi connectivity index (χ3v) is 9.29. The highest BCUT2D eigenvalue weighted by Crippen LogP contribution is 2.60. The first kappa shape index (κ1) is 12.6. The lowest BCUT2D eigenvalue weighted by atomic mass is 10.6. The van der Waals surface area contributed by atoms with Gasteiger partial charge in [-0.3, -0.25) is 9.76 Å². The SMILES string of the molecule is S=P1(N(CCCl)CCCl)NCCS1. The Morgan fingerprint density at radius 1 is 1.38 bits per heavy atom. The minimum atomic E-state index is -1.55. The molecule has 2 nitrogen and oxygen atoms in total. The van der Waals surface area contributed by atoms with Gasteiger partial charge in [-0.2, -0.15) is 0 Å². The van der Waals surface area contributed by atoms with Crippen molar-refractivity contribution in [2.24, 2.45) is 0 Å². The van der Waals surface area contributed by atoms with Gasteiger partial charge in [0.05, 0.1) is 0 Å². The fourth-order valence-corrected chi connectivity index (χ4v) is 7.94. The van der Waals surface area contributed by atoms with Crippen molar-refractivity contribution in [3.8, 4) is 0 Å². The van der Waals surface area contributed by atoms with Crippen LogP contribution in [0, 0.1) is 0 Å². The largest absolute Gasteiger partial charge is 0.268 e. The molecule has 1 atom stereocenters. The third-order valence-electron chi connectivity index (χ3n) is 1.74. The minimum Gasteiger partial charge on any atom is -0.268 e. The van der Waals surface area contributed by atoms with Crippen LogP contribution in [-0.4, -0.2) is 41.8 Å². The molecule has 0 radical (unpaired) electrons. The second-order valence-electron chi connectivity index (χ2n) is 2.59. The van der Waals surface area contributed by atoms with Gasteiger partial charge in [0.1, 0.15) is 5.54 Å². The van der Waals surface area contributed by atoms with Crippen molar-refractivity contribution in [2.75, 3.05) is 37.1 Å². The van der Waals surface area contributed by atoms with Crippen LogP contribution in [-0.2, 0) is 11.8 Å². The van der Waals surface area contributed by atoms with Crippen molar-refractivity contribution in [1.29, 1.82) is 0 Å². The summed E-state index contributed by atoms with van der Waals surface area (Å²) in [6, 6.07) is 0. The normalized spacial score (nSPS) is 28.5. The topological polar surface area (TPSA) is 15.3 Å². The molecule has 0 saturated carbocycles. The molecule has 1 heterocycles. The number of rotatable bonds is 5. The van der Waals surface area contributed by atoms with Crippen molar-refractivity contribution < 1.29 is 0 Å². The molecule has 78 valence electrons. The molecule has 0 aromatic heterocycles. The van der Waals surface area contributed by atoms with Crippen LogP contribution in [0.1, 0.15) is 0 Å². The van der Waals surface area contributed by atoms with E-state index in [0.29, 0.717) is 11.8 Å². The van der Waals surface area contributed by atoms with Crippen molar-refractivity contribution in [2.45, 2.75) is 0 Å². The van der Waals surface area contributed by atoms with Gasteiger partial charge in [-0.15, -0.1) is 23.2 Å². The Morgan fingerprint density at radius 2 is 2.00 bits per heavy atom. The van der Waals surface area contributed by atoms with Crippen LogP contribution >= 0.6 is 40.1 Å². The zero-order valence-electron chi connectivity index (χ0n) is 7.21. The maximum Gasteiger partial charge on any atom is 0.130 e. The van der Waals surface area contributed by atoms with Crippen LogP contribution in [0.15, 0.2) is 0 Å². The Morgan fingerprint density at radius 3 is 2.38 bits per heavy atom. The molecule has 1 N–H and O–H groups in total. The van der Waals surface area contributed by atoms with E-state index in [4.69, 9.17) is 35.0 Å². The summed E-state index contributed by atoms with van der Waals surface area (Å²) < 4.78 is 2.24. The second-order valence-corrected chi connectivity index (χ2v) is 10.6. The molecule has 1 fully saturated rings. The number of hydrogen-bond donors (Lipinski definition) is 1. The lowest BCUT2D eigenvalue weighted by Gasteiger charge is -2.29. The van der Waals surface area contributed by atoms with Crippen LogP contribution < -0.4 is 5.09 Å². The van der Waals surface area contributed by atoms with E-state index in [0.717, 1.165) is 25.4 Å². The van der Waals surface area contributed by atoms with Gasteiger partial charge in [0, 0.05) is 37.1 Å². The minimum absolute atomic E-state index is 0.623. The molecule has 1 rings (SSSR count). The average molecular weight is 279 g/mol. The van der Waals surface area contributed by atoms with Crippen LogP contribution in [0.3, 0.4) is 0 Å². The Labute approximate surface area is 98.6 Å². The lowest BCUT2D eigenvalue weighted by molar-refractivity contribution is 0.513. The monoisotopic (exact) mass is 278 g/mol. The Kier molecular flexibility index (Phi) is 5.96. The van der Waals surface area contributed by atoms with Crippen molar-refractivity contribution in [3.05, 3.63) is 0 Å². The summed E-state index contributed by atoms with van der Waals surface area (Å²) in [6.45, 7) is 2.69. The van der Waals surface area contributed by atoms with E-state index < -0.39 is 5.54 Å². The molecule has 1 unspecified atom stereocenters. The van der Waals surface area contributed by atoms with Gasteiger partial charge in [0.25, 0.3) is 0 Å². The van der Waals surface area contributed by atoms with Gasteiger partial charge in [0.15, 0.2) is 0 Å². The summed E-state index contributed by atoms with van der Waals surface area (Å²) in [5, 5.41) is 3.40. The van der Waals surface area contributed by atoms with E-state index in [1.165, 1.54) is 0 Å². The molecule has 1 saturated heterocycles. The standard InChI is InChI=1S/C6H13Cl2N2PS2/c7-1-4-10(5-2-8)11(12)9-3-6-13-11/h1-6H2,(H,9,12). The quantitative estimate of drug-likeness (QED) is 0.613. The first-order valence-corrected chi connectivity index (χ1v) is 9.51. The van der Waals surface area contributed by atoms with Crippen LogP contribution in [0.5, 0.6) is 0 Å². The third kappa shape index (κ3) is 3.53. The molecule has 0 aromatic carbocycles. The molecule has 7 heteroatoms. The maximum absolute atomic E-state index is 5.72. The zero-order valence-corrected chi connectivity index (χ0v) is 11.2.